The van der Waals surface area contributed by atoms with Crippen molar-refractivity contribution in [1.82, 2.24) is 0 Å². The summed E-state index contributed by atoms with van der Waals surface area (Å²) in [6, 6.07) is 35.1. The first-order valence-electron chi connectivity index (χ1n) is 14.2. The molecule has 0 bridgehead atoms. The molecule has 1 aliphatic carbocycles. The molecule has 39 heavy (non-hydrogen) atoms. The predicted octanol–water partition coefficient (Wildman–Crippen LogP) is 7.17. The lowest BCUT2D eigenvalue weighted by Crippen LogP contribution is -2.28. The molecular formula is C35H34O4. The smallest absolute Gasteiger partial charge is 0.119 e. The SMILES string of the molecule is c1ccc2c(c1)-c1ccccc1C2(c1ccc(OCCCC2CO2)cc1)c1ccc(OCCCC2CO2)cc1. The molecule has 4 aromatic carbocycles. The van der Waals surface area contributed by atoms with Crippen LogP contribution in [0.4, 0.5) is 0 Å². The van der Waals surface area contributed by atoms with Crippen LogP contribution in [0.15, 0.2) is 97.1 Å². The Morgan fingerprint density at radius 3 is 1.38 bits per heavy atom. The van der Waals surface area contributed by atoms with Crippen LogP contribution in [-0.4, -0.2) is 38.6 Å². The summed E-state index contributed by atoms with van der Waals surface area (Å²) in [5.74, 6) is 1.82. The summed E-state index contributed by atoms with van der Waals surface area (Å²) in [6.07, 6.45) is 5.08. The topological polar surface area (TPSA) is 43.5 Å². The standard InChI is InChI=1S/C35H34O4/c1-3-11-33-31(9-1)32-10-2-4-12-34(32)35(33,25-13-17-27(18-14-25)36-21-5-7-29-23-38-29)26-15-19-28(20-16-26)37-22-6-8-30-24-39-30/h1-4,9-20,29-30H,5-8,21-24H2. The minimum Gasteiger partial charge on any atom is -0.494 e. The highest BCUT2D eigenvalue weighted by Crippen LogP contribution is 2.56. The van der Waals surface area contributed by atoms with Gasteiger partial charge in [-0.05, 0) is 83.3 Å². The van der Waals surface area contributed by atoms with Crippen molar-refractivity contribution in [2.75, 3.05) is 26.4 Å². The van der Waals surface area contributed by atoms with Gasteiger partial charge in [-0.25, -0.2) is 0 Å². The van der Waals surface area contributed by atoms with E-state index < -0.39 is 5.41 Å². The van der Waals surface area contributed by atoms with Crippen LogP contribution in [0.2, 0.25) is 0 Å². The molecule has 4 aromatic rings. The second-order valence-electron chi connectivity index (χ2n) is 10.8. The number of ether oxygens (including phenoxy) is 4. The fourth-order valence-electron chi connectivity index (χ4n) is 6.10. The molecule has 4 nitrogen and oxygen atoms in total. The lowest BCUT2D eigenvalue weighted by Gasteiger charge is -2.34. The maximum Gasteiger partial charge on any atom is 0.119 e. The summed E-state index contributed by atoms with van der Waals surface area (Å²) in [5.41, 5.74) is 7.24. The molecule has 0 radical (unpaired) electrons. The Morgan fingerprint density at radius 1 is 0.564 bits per heavy atom. The van der Waals surface area contributed by atoms with Crippen LogP contribution in [0, 0.1) is 0 Å². The fraction of sp³-hybridized carbons (Fsp3) is 0.314. The van der Waals surface area contributed by atoms with Crippen LogP contribution in [0.3, 0.4) is 0 Å². The first kappa shape index (κ1) is 24.4. The van der Waals surface area contributed by atoms with Crippen molar-refractivity contribution in [2.45, 2.75) is 43.3 Å². The van der Waals surface area contributed by atoms with E-state index in [0.717, 1.165) is 50.4 Å². The molecule has 198 valence electrons. The van der Waals surface area contributed by atoms with Crippen LogP contribution in [-0.2, 0) is 14.9 Å². The molecule has 4 heteroatoms. The molecule has 0 amide bonds. The van der Waals surface area contributed by atoms with Crippen molar-refractivity contribution in [1.29, 1.82) is 0 Å². The number of fused-ring (bicyclic) bond motifs is 3. The summed E-state index contributed by atoms with van der Waals surface area (Å²) in [4.78, 5) is 0. The van der Waals surface area contributed by atoms with E-state index in [4.69, 9.17) is 18.9 Å². The molecule has 0 N–H and O–H groups in total. The Hall–Kier alpha value is -3.60. The molecule has 2 saturated heterocycles. The van der Waals surface area contributed by atoms with Crippen molar-refractivity contribution in [3.63, 3.8) is 0 Å². The van der Waals surface area contributed by atoms with E-state index in [0.29, 0.717) is 25.4 Å². The van der Waals surface area contributed by atoms with Crippen molar-refractivity contribution in [3.05, 3.63) is 119 Å². The van der Waals surface area contributed by atoms with Gasteiger partial charge in [0.2, 0.25) is 0 Å². The van der Waals surface area contributed by atoms with Crippen molar-refractivity contribution in [3.8, 4) is 22.6 Å². The minimum atomic E-state index is -0.420. The van der Waals surface area contributed by atoms with E-state index in [9.17, 15) is 0 Å². The highest BCUT2D eigenvalue weighted by molar-refractivity contribution is 5.86. The third-order valence-corrected chi connectivity index (χ3v) is 8.21. The molecule has 0 spiro atoms. The largest absolute Gasteiger partial charge is 0.494 e. The van der Waals surface area contributed by atoms with Crippen LogP contribution < -0.4 is 9.47 Å². The molecule has 2 aliphatic heterocycles. The van der Waals surface area contributed by atoms with Crippen LogP contribution in [0.1, 0.15) is 47.9 Å². The van der Waals surface area contributed by atoms with Gasteiger partial charge in [-0.1, -0.05) is 72.8 Å². The summed E-state index contributed by atoms with van der Waals surface area (Å²) in [5, 5.41) is 0. The van der Waals surface area contributed by atoms with Gasteiger partial charge in [0.1, 0.15) is 11.5 Å². The molecule has 0 aromatic heterocycles. The number of benzene rings is 4. The van der Waals surface area contributed by atoms with Gasteiger partial charge in [0.25, 0.3) is 0 Å². The molecule has 2 atom stereocenters. The van der Waals surface area contributed by atoms with Gasteiger partial charge < -0.3 is 18.9 Å². The highest BCUT2D eigenvalue weighted by Gasteiger charge is 2.45. The van der Waals surface area contributed by atoms with Gasteiger partial charge in [0.15, 0.2) is 0 Å². The first-order chi connectivity index (χ1) is 19.3. The highest BCUT2D eigenvalue weighted by atomic mass is 16.6. The first-order valence-corrected chi connectivity index (χ1v) is 14.2. The van der Waals surface area contributed by atoms with Crippen molar-refractivity contribution >= 4 is 0 Å². The quantitative estimate of drug-likeness (QED) is 0.130. The van der Waals surface area contributed by atoms with Crippen molar-refractivity contribution in [2.24, 2.45) is 0 Å². The lowest BCUT2D eigenvalue weighted by atomic mass is 9.68. The van der Waals surface area contributed by atoms with Gasteiger partial charge in [-0.15, -0.1) is 0 Å². The molecule has 3 aliphatic rings. The maximum absolute atomic E-state index is 6.08. The average molecular weight is 519 g/mol. The Balaban J connectivity index is 1.22. The third-order valence-electron chi connectivity index (χ3n) is 8.21. The Bertz CT molecular complexity index is 1310. The number of epoxide rings is 2. The predicted molar refractivity (Wildman–Crippen MR) is 153 cm³/mol. The maximum atomic E-state index is 6.08. The number of hydrogen-bond acceptors (Lipinski definition) is 4. The van der Waals surface area contributed by atoms with Gasteiger partial charge >= 0.3 is 0 Å². The summed E-state index contributed by atoms with van der Waals surface area (Å²) >= 11 is 0. The summed E-state index contributed by atoms with van der Waals surface area (Å²) in [6.45, 7) is 3.24. The molecule has 2 fully saturated rings. The number of rotatable bonds is 12. The van der Waals surface area contributed by atoms with Crippen LogP contribution >= 0.6 is 0 Å². The number of hydrogen-bond donors (Lipinski definition) is 0. The second kappa shape index (κ2) is 10.5. The van der Waals surface area contributed by atoms with Crippen molar-refractivity contribution < 1.29 is 18.9 Å². The van der Waals surface area contributed by atoms with E-state index in [1.54, 1.807) is 0 Å². The van der Waals surface area contributed by atoms with E-state index >= 15 is 0 Å². The molecule has 2 unspecified atom stereocenters. The molecule has 7 rings (SSSR count). The van der Waals surface area contributed by atoms with Gasteiger partial charge in [0, 0.05) is 0 Å². The molecular weight excluding hydrogens is 484 g/mol. The zero-order chi connectivity index (χ0) is 26.1. The van der Waals surface area contributed by atoms with Crippen LogP contribution in [0.5, 0.6) is 11.5 Å². The van der Waals surface area contributed by atoms with Gasteiger partial charge in [-0.2, -0.15) is 0 Å². The van der Waals surface area contributed by atoms with E-state index in [1.165, 1.54) is 33.4 Å². The van der Waals surface area contributed by atoms with E-state index in [2.05, 4.69) is 97.1 Å². The lowest BCUT2D eigenvalue weighted by molar-refractivity contribution is 0.293. The second-order valence-corrected chi connectivity index (χ2v) is 10.8. The average Bonchev–Trinajstić information content (AvgIpc) is 3.93. The summed E-state index contributed by atoms with van der Waals surface area (Å²) < 4.78 is 22.8. The Labute approximate surface area is 230 Å². The summed E-state index contributed by atoms with van der Waals surface area (Å²) in [7, 11) is 0. The van der Waals surface area contributed by atoms with E-state index in [1.807, 2.05) is 0 Å². The van der Waals surface area contributed by atoms with E-state index in [-0.39, 0.29) is 0 Å². The minimum absolute atomic E-state index is 0.420. The zero-order valence-electron chi connectivity index (χ0n) is 22.2. The van der Waals surface area contributed by atoms with Gasteiger partial charge in [-0.3, -0.25) is 0 Å². The Kier molecular flexibility index (Phi) is 6.59. The third kappa shape index (κ3) is 4.84. The normalized spacial score (nSPS) is 19.7. The van der Waals surface area contributed by atoms with Gasteiger partial charge in [0.05, 0.1) is 44.1 Å². The van der Waals surface area contributed by atoms with Crippen LogP contribution in [0.25, 0.3) is 11.1 Å². The monoisotopic (exact) mass is 518 g/mol. The Morgan fingerprint density at radius 2 is 0.974 bits per heavy atom. The fourth-order valence-corrected chi connectivity index (χ4v) is 6.10. The molecule has 2 heterocycles. The molecule has 0 saturated carbocycles. The zero-order valence-corrected chi connectivity index (χ0v) is 22.2.